The molecule has 0 atom stereocenters. The molecule has 0 bridgehead atoms. The monoisotopic (exact) mass is 478 g/mol. The molecule has 1 saturated heterocycles. The maximum atomic E-state index is 14.0. The van der Waals surface area contributed by atoms with E-state index in [1.165, 1.54) is 34.6 Å². The Bertz CT molecular complexity index is 1250. The largest absolute Gasteiger partial charge is 0.489 e. The van der Waals surface area contributed by atoms with Crippen LogP contribution in [-0.4, -0.2) is 51.0 Å². The lowest BCUT2D eigenvalue weighted by Gasteiger charge is -2.26. The van der Waals surface area contributed by atoms with Crippen molar-refractivity contribution in [3.63, 3.8) is 0 Å². The van der Waals surface area contributed by atoms with E-state index in [-0.39, 0.29) is 29.8 Å². The maximum Gasteiger partial charge on any atom is 0.265 e. The van der Waals surface area contributed by atoms with Gasteiger partial charge in [0.25, 0.3) is 5.91 Å². The molecule has 2 aromatic carbocycles. The molecule has 0 saturated carbocycles. The molecule has 3 aromatic rings. The third kappa shape index (κ3) is 4.63. The summed E-state index contributed by atoms with van der Waals surface area (Å²) in [6.45, 7) is 4.86. The van der Waals surface area contributed by atoms with Crippen LogP contribution in [0.15, 0.2) is 47.4 Å². The summed E-state index contributed by atoms with van der Waals surface area (Å²) in [5, 5.41) is 3.11. The second-order valence-corrected chi connectivity index (χ2v) is 10.6. The molecule has 1 amide bonds. The van der Waals surface area contributed by atoms with Gasteiger partial charge in [0.2, 0.25) is 10.0 Å². The van der Waals surface area contributed by atoms with Crippen LogP contribution in [0.3, 0.4) is 0 Å². The van der Waals surface area contributed by atoms with Gasteiger partial charge in [-0.15, -0.1) is 11.3 Å². The number of morpholine rings is 1. The minimum Gasteiger partial charge on any atom is -0.489 e. The van der Waals surface area contributed by atoms with Crippen molar-refractivity contribution >= 4 is 43.0 Å². The Morgan fingerprint density at radius 1 is 1.19 bits per heavy atom. The Balaban J connectivity index is 1.67. The summed E-state index contributed by atoms with van der Waals surface area (Å²) in [7, 11) is -3.76. The second kappa shape index (κ2) is 9.14. The van der Waals surface area contributed by atoms with E-state index in [1.54, 1.807) is 12.1 Å². The first-order valence-corrected chi connectivity index (χ1v) is 12.4. The van der Waals surface area contributed by atoms with Crippen LogP contribution in [0.1, 0.15) is 23.5 Å². The van der Waals surface area contributed by atoms with E-state index in [4.69, 9.17) is 9.47 Å². The number of nitrogens with one attached hydrogen (secondary N) is 1. The number of thiophene rings is 1. The molecular weight excluding hydrogens is 455 g/mol. The van der Waals surface area contributed by atoms with Crippen molar-refractivity contribution in [1.29, 1.82) is 0 Å². The van der Waals surface area contributed by atoms with E-state index in [0.717, 1.165) is 11.3 Å². The molecule has 7 nitrogen and oxygen atoms in total. The first-order valence-electron chi connectivity index (χ1n) is 10.1. The van der Waals surface area contributed by atoms with Crippen molar-refractivity contribution in [3.05, 3.63) is 53.2 Å². The Labute approximate surface area is 189 Å². The van der Waals surface area contributed by atoms with Crippen LogP contribution >= 0.6 is 11.3 Å². The lowest BCUT2D eigenvalue weighted by atomic mass is 10.2. The van der Waals surface area contributed by atoms with Crippen LogP contribution in [0.25, 0.3) is 10.1 Å². The summed E-state index contributed by atoms with van der Waals surface area (Å²) in [5.74, 6) is -0.526. The number of rotatable bonds is 6. The molecule has 0 radical (unpaired) electrons. The smallest absolute Gasteiger partial charge is 0.265 e. The molecule has 32 heavy (non-hydrogen) atoms. The summed E-state index contributed by atoms with van der Waals surface area (Å²) in [4.78, 5) is 13.3. The van der Waals surface area contributed by atoms with Gasteiger partial charge in [0, 0.05) is 23.2 Å². The predicted octanol–water partition coefficient (Wildman–Crippen LogP) is 4.10. The molecule has 10 heteroatoms. The summed E-state index contributed by atoms with van der Waals surface area (Å²) < 4.78 is 53.2. The van der Waals surface area contributed by atoms with E-state index in [0.29, 0.717) is 33.9 Å². The molecule has 4 rings (SSSR count). The topological polar surface area (TPSA) is 84.9 Å². The summed E-state index contributed by atoms with van der Waals surface area (Å²) in [6, 6.07) is 10.6. The number of sulfonamides is 1. The molecule has 2 heterocycles. The van der Waals surface area contributed by atoms with Crippen molar-refractivity contribution in [1.82, 2.24) is 4.31 Å². The fraction of sp³-hybridized carbons (Fsp3) is 0.318. The number of hydrogen-bond donors (Lipinski definition) is 1. The van der Waals surface area contributed by atoms with Crippen molar-refractivity contribution in [2.24, 2.45) is 0 Å². The highest BCUT2D eigenvalue weighted by Crippen LogP contribution is 2.33. The standard InChI is InChI=1S/C22H23FN2O5S2/c1-14(2)30-19-7-6-15(32(27,28)25-8-10-29-11-9-25)12-18(19)24-22(26)21-13-16-17(23)4-3-5-20(16)31-21/h3-7,12-14H,8-11H2,1-2H3,(H,24,26). The third-order valence-electron chi connectivity index (χ3n) is 4.90. The highest BCUT2D eigenvalue weighted by molar-refractivity contribution is 7.89. The normalized spacial score (nSPS) is 15.2. The van der Waals surface area contributed by atoms with Crippen molar-refractivity contribution in [2.75, 3.05) is 31.6 Å². The van der Waals surface area contributed by atoms with Gasteiger partial charge in [0.05, 0.1) is 34.8 Å². The quantitative estimate of drug-likeness (QED) is 0.577. The molecular formula is C22H23FN2O5S2. The fourth-order valence-electron chi connectivity index (χ4n) is 3.38. The zero-order valence-electron chi connectivity index (χ0n) is 17.6. The number of hydrogen-bond acceptors (Lipinski definition) is 6. The molecule has 1 aromatic heterocycles. The summed E-state index contributed by atoms with van der Waals surface area (Å²) in [5.41, 5.74) is 0.232. The highest BCUT2D eigenvalue weighted by Gasteiger charge is 2.27. The van der Waals surface area contributed by atoms with Gasteiger partial charge in [0.1, 0.15) is 11.6 Å². The zero-order valence-corrected chi connectivity index (χ0v) is 19.3. The van der Waals surface area contributed by atoms with Crippen molar-refractivity contribution < 1.29 is 27.1 Å². The SMILES string of the molecule is CC(C)Oc1ccc(S(=O)(=O)N2CCOCC2)cc1NC(=O)c1cc2c(F)cccc2s1. The lowest BCUT2D eigenvalue weighted by molar-refractivity contribution is 0.0730. The number of halogens is 1. The van der Waals surface area contributed by atoms with Gasteiger partial charge in [-0.05, 0) is 50.2 Å². The summed E-state index contributed by atoms with van der Waals surface area (Å²) in [6.07, 6.45) is -0.189. The van der Waals surface area contributed by atoms with Crippen molar-refractivity contribution in [2.45, 2.75) is 24.8 Å². The number of carbonyl (C=O) groups excluding carboxylic acids is 1. The number of benzene rings is 2. The fourth-order valence-corrected chi connectivity index (χ4v) is 5.79. The molecule has 170 valence electrons. The van der Waals surface area contributed by atoms with Gasteiger partial charge < -0.3 is 14.8 Å². The third-order valence-corrected chi connectivity index (χ3v) is 7.90. The molecule has 1 N–H and O–H groups in total. The van der Waals surface area contributed by atoms with E-state index in [2.05, 4.69) is 5.32 Å². The van der Waals surface area contributed by atoms with Crippen molar-refractivity contribution in [3.8, 4) is 5.75 Å². The molecule has 1 aliphatic rings. The van der Waals surface area contributed by atoms with Crippen LogP contribution in [0.4, 0.5) is 10.1 Å². The number of carbonyl (C=O) groups is 1. The van der Waals surface area contributed by atoms with Gasteiger partial charge in [-0.25, -0.2) is 12.8 Å². The number of nitrogens with zero attached hydrogens (tertiary/aromatic N) is 1. The van der Waals surface area contributed by atoms with Gasteiger partial charge >= 0.3 is 0 Å². The average Bonchev–Trinajstić information content (AvgIpc) is 3.21. The molecule has 1 fully saturated rings. The Kier molecular flexibility index (Phi) is 6.47. The molecule has 1 aliphatic heterocycles. The van der Waals surface area contributed by atoms with Gasteiger partial charge in [0.15, 0.2) is 0 Å². The Hall–Kier alpha value is -2.53. The average molecular weight is 479 g/mol. The first kappa shape index (κ1) is 22.7. The first-order chi connectivity index (χ1) is 15.3. The second-order valence-electron chi connectivity index (χ2n) is 7.56. The minimum absolute atomic E-state index is 0.0493. The van der Waals surface area contributed by atoms with Gasteiger partial charge in [-0.2, -0.15) is 4.31 Å². The number of anilines is 1. The van der Waals surface area contributed by atoms with Gasteiger partial charge in [-0.3, -0.25) is 4.79 Å². The number of fused-ring (bicyclic) bond motifs is 1. The van der Waals surface area contributed by atoms with E-state index >= 15 is 0 Å². The number of amides is 1. The van der Waals surface area contributed by atoms with Crippen LogP contribution in [-0.2, 0) is 14.8 Å². The van der Waals surface area contributed by atoms with E-state index < -0.39 is 21.7 Å². The minimum atomic E-state index is -3.76. The number of ether oxygens (including phenoxy) is 2. The lowest BCUT2D eigenvalue weighted by Crippen LogP contribution is -2.40. The van der Waals surface area contributed by atoms with E-state index in [9.17, 15) is 17.6 Å². The van der Waals surface area contributed by atoms with Gasteiger partial charge in [-0.1, -0.05) is 6.07 Å². The summed E-state index contributed by atoms with van der Waals surface area (Å²) >= 11 is 1.16. The zero-order chi connectivity index (χ0) is 22.9. The predicted molar refractivity (Wildman–Crippen MR) is 122 cm³/mol. The van der Waals surface area contributed by atoms with Crippen LogP contribution < -0.4 is 10.1 Å². The van der Waals surface area contributed by atoms with Crippen LogP contribution in [0.2, 0.25) is 0 Å². The maximum absolute atomic E-state index is 14.0. The Morgan fingerprint density at radius 2 is 1.94 bits per heavy atom. The van der Waals surface area contributed by atoms with Crippen LogP contribution in [0, 0.1) is 5.82 Å². The van der Waals surface area contributed by atoms with E-state index in [1.807, 2.05) is 13.8 Å². The highest BCUT2D eigenvalue weighted by atomic mass is 32.2. The molecule has 0 unspecified atom stereocenters. The molecule has 0 aliphatic carbocycles. The Morgan fingerprint density at radius 3 is 2.62 bits per heavy atom. The van der Waals surface area contributed by atoms with Crippen LogP contribution in [0.5, 0.6) is 5.75 Å². The molecule has 0 spiro atoms.